The van der Waals surface area contributed by atoms with Crippen molar-refractivity contribution in [1.82, 2.24) is 24.5 Å². The summed E-state index contributed by atoms with van der Waals surface area (Å²) in [6, 6.07) is 6.89. The van der Waals surface area contributed by atoms with Gasteiger partial charge in [-0.2, -0.15) is 14.6 Å². The standard InChI is InChI=1S/C17H16Cl2N6O/c1-11-6-15(25-17(22-11)20-10-21-25)23-2-4-24(5-3-23)16(26)12-7-13(18)9-14(19)8-12/h6-10H,2-5H2,1H3. The third-order valence-corrected chi connectivity index (χ3v) is 4.80. The quantitative estimate of drug-likeness (QED) is 0.672. The zero-order valence-electron chi connectivity index (χ0n) is 14.1. The first-order valence-electron chi connectivity index (χ1n) is 8.19. The van der Waals surface area contributed by atoms with E-state index in [0.29, 0.717) is 47.6 Å². The van der Waals surface area contributed by atoms with Crippen LogP contribution in [0.2, 0.25) is 10.0 Å². The van der Waals surface area contributed by atoms with Gasteiger partial charge in [0, 0.05) is 53.5 Å². The number of halogens is 2. The minimum absolute atomic E-state index is 0.0640. The van der Waals surface area contributed by atoms with Gasteiger partial charge in [-0.15, -0.1) is 0 Å². The van der Waals surface area contributed by atoms with Crippen LogP contribution in [0.4, 0.5) is 5.82 Å². The summed E-state index contributed by atoms with van der Waals surface area (Å²) >= 11 is 12.0. The first-order chi connectivity index (χ1) is 12.5. The Morgan fingerprint density at radius 3 is 2.42 bits per heavy atom. The molecule has 0 N–H and O–H groups in total. The second-order valence-corrected chi connectivity index (χ2v) is 7.04. The molecular weight excluding hydrogens is 375 g/mol. The van der Waals surface area contributed by atoms with E-state index in [1.54, 1.807) is 22.7 Å². The lowest BCUT2D eigenvalue weighted by atomic mass is 10.2. The molecule has 0 radical (unpaired) electrons. The average Bonchev–Trinajstić information content (AvgIpc) is 3.08. The number of piperazine rings is 1. The van der Waals surface area contributed by atoms with Crippen LogP contribution in [0, 0.1) is 6.92 Å². The highest BCUT2D eigenvalue weighted by molar-refractivity contribution is 6.35. The second-order valence-electron chi connectivity index (χ2n) is 6.16. The maximum Gasteiger partial charge on any atom is 0.254 e. The van der Waals surface area contributed by atoms with Crippen molar-refractivity contribution in [3.05, 3.63) is 51.9 Å². The average molecular weight is 391 g/mol. The number of carbonyl (C=O) groups excluding carboxylic acids is 1. The summed E-state index contributed by atoms with van der Waals surface area (Å²) in [4.78, 5) is 25.2. The Bertz CT molecular complexity index is 960. The summed E-state index contributed by atoms with van der Waals surface area (Å²) in [6.45, 7) is 4.51. The van der Waals surface area contributed by atoms with Gasteiger partial charge in [0.25, 0.3) is 11.7 Å². The van der Waals surface area contributed by atoms with Gasteiger partial charge in [0.15, 0.2) is 0 Å². The number of fused-ring (bicyclic) bond motifs is 1. The minimum atomic E-state index is -0.0640. The fourth-order valence-electron chi connectivity index (χ4n) is 3.14. The number of nitrogens with zero attached hydrogens (tertiary/aromatic N) is 6. The summed E-state index contributed by atoms with van der Waals surface area (Å²) < 4.78 is 1.72. The number of aryl methyl sites for hydroxylation is 1. The molecule has 1 saturated heterocycles. The highest BCUT2D eigenvalue weighted by atomic mass is 35.5. The van der Waals surface area contributed by atoms with Crippen LogP contribution in [0.1, 0.15) is 16.1 Å². The monoisotopic (exact) mass is 390 g/mol. The number of aromatic nitrogens is 4. The zero-order chi connectivity index (χ0) is 18.3. The third kappa shape index (κ3) is 3.20. The topological polar surface area (TPSA) is 66.6 Å². The molecule has 4 rings (SSSR count). The predicted octanol–water partition coefficient (Wildman–Crippen LogP) is 2.70. The lowest BCUT2D eigenvalue weighted by Crippen LogP contribution is -2.49. The smallest absolute Gasteiger partial charge is 0.254 e. The van der Waals surface area contributed by atoms with Gasteiger partial charge < -0.3 is 9.80 Å². The van der Waals surface area contributed by atoms with E-state index in [0.717, 1.165) is 11.5 Å². The Morgan fingerprint density at radius 1 is 1.04 bits per heavy atom. The van der Waals surface area contributed by atoms with Crippen LogP contribution in [-0.4, -0.2) is 56.6 Å². The van der Waals surface area contributed by atoms with Crippen LogP contribution in [-0.2, 0) is 0 Å². The molecule has 3 heterocycles. The molecular formula is C17H16Cl2N6O. The highest BCUT2D eigenvalue weighted by Crippen LogP contribution is 2.22. The molecule has 1 amide bonds. The Labute approximate surface area is 160 Å². The minimum Gasteiger partial charge on any atom is -0.353 e. The fourth-order valence-corrected chi connectivity index (χ4v) is 3.66. The highest BCUT2D eigenvalue weighted by Gasteiger charge is 2.24. The molecule has 26 heavy (non-hydrogen) atoms. The Balaban J connectivity index is 1.52. The molecule has 7 nitrogen and oxygen atoms in total. The maximum atomic E-state index is 12.7. The number of carbonyl (C=O) groups is 1. The van der Waals surface area contributed by atoms with Crippen molar-refractivity contribution in [3.8, 4) is 0 Å². The van der Waals surface area contributed by atoms with Crippen molar-refractivity contribution in [2.75, 3.05) is 31.1 Å². The van der Waals surface area contributed by atoms with Gasteiger partial charge in [0.2, 0.25) is 0 Å². The van der Waals surface area contributed by atoms with E-state index < -0.39 is 0 Å². The van der Waals surface area contributed by atoms with Crippen molar-refractivity contribution in [1.29, 1.82) is 0 Å². The van der Waals surface area contributed by atoms with E-state index in [9.17, 15) is 4.79 Å². The number of hydrogen-bond acceptors (Lipinski definition) is 5. The molecule has 2 aromatic heterocycles. The first-order valence-corrected chi connectivity index (χ1v) is 8.94. The van der Waals surface area contributed by atoms with Gasteiger partial charge >= 0.3 is 0 Å². The van der Waals surface area contributed by atoms with Crippen LogP contribution in [0.5, 0.6) is 0 Å². The summed E-state index contributed by atoms with van der Waals surface area (Å²) in [7, 11) is 0. The van der Waals surface area contributed by atoms with Crippen molar-refractivity contribution < 1.29 is 4.79 Å². The molecule has 0 atom stereocenters. The Hall–Kier alpha value is -2.38. The van der Waals surface area contributed by atoms with Crippen LogP contribution in [0.15, 0.2) is 30.6 Å². The van der Waals surface area contributed by atoms with Crippen LogP contribution < -0.4 is 4.90 Å². The molecule has 9 heteroatoms. The van der Waals surface area contributed by atoms with E-state index in [2.05, 4.69) is 20.0 Å². The maximum absolute atomic E-state index is 12.7. The van der Waals surface area contributed by atoms with Gasteiger partial charge in [0.05, 0.1) is 0 Å². The van der Waals surface area contributed by atoms with Crippen LogP contribution in [0.25, 0.3) is 5.78 Å². The predicted molar refractivity (Wildman–Crippen MR) is 100 cm³/mol. The molecule has 1 aromatic carbocycles. The van der Waals surface area contributed by atoms with Crippen molar-refractivity contribution in [2.24, 2.45) is 0 Å². The molecule has 0 unspecified atom stereocenters. The van der Waals surface area contributed by atoms with Gasteiger partial charge in [-0.25, -0.2) is 4.98 Å². The molecule has 0 aliphatic carbocycles. The van der Waals surface area contributed by atoms with Gasteiger partial charge in [0.1, 0.15) is 12.1 Å². The molecule has 134 valence electrons. The molecule has 1 aliphatic heterocycles. The van der Waals surface area contributed by atoms with E-state index in [4.69, 9.17) is 23.2 Å². The first kappa shape index (κ1) is 17.1. The molecule has 0 saturated carbocycles. The third-order valence-electron chi connectivity index (χ3n) is 4.36. The van der Waals surface area contributed by atoms with E-state index >= 15 is 0 Å². The normalized spacial score (nSPS) is 14.9. The Morgan fingerprint density at radius 2 is 1.73 bits per heavy atom. The number of anilines is 1. The molecule has 0 bridgehead atoms. The van der Waals surface area contributed by atoms with E-state index in [1.807, 2.05) is 17.9 Å². The summed E-state index contributed by atoms with van der Waals surface area (Å²) in [5.74, 6) is 1.45. The SMILES string of the molecule is Cc1cc(N2CCN(C(=O)c3cc(Cl)cc(Cl)c3)CC2)n2ncnc2n1. The second kappa shape index (κ2) is 6.74. The van der Waals surface area contributed by atoms with Gasteiger partial charge in [-0.1, -0.05) is 23.2 Å². The van der Waals surface area contributed by atoms with Crippen molar-refractivity contribution in [3.63, 3.8) is 0 Å². The molecule has 1 aliphatic rings. The van der Waals surface area contributed by atoms with Gasteiger partial charge in [-0.05, 0) is 25.1 Å². The van der Waals surface area contributed by atoms with E-state index in [-0.39, 0.29) is 5.91 Å². The van der Waals surface area contributed by atoms with Gasteiger partial charge in [-0.3, -0.25) is 4.79 Å². The summed E-state index contributed by atoms with van der Waals surface area (Å²) in [6.07, 6.45) is 1.49. The Kier molecular flexibility index (Phi) is 4.42. The van der Waals surface area contributed by atoms with Crippen molar-refractivity contribution in [2.45, 2.75) is 6.92 Å². The van der Waals surface area contributed by atoms with Crippen LogP contribution in [0.3, 0.4) is 0 Å². The lowest BCUT2D eigenvalue weighted by molar-refractivity contribution is 0.0746. The molecule has 1 fully saturated rings. The molecule has 0 spiro atoms. The number of rotatable bonds is 2. The summed E-state index contributed by atoms with van der Waals surface area (Å²) in [5, 5.41) is 5.16. The van der Waals surface area contributed by atoms with E-state index in [1.165, 1.54) is 6.33 Å². The fraction of sp³-hybridized carbons (Fsp3) is 0.294. The zero-order valence-corrected chi connectivity index (χ0v) is 15.6. The largest absolute Gasteiger partial charge is 0.353 e. The number of amides is 1. The number of benzene rings is 1. The van der Waals surface area contributed by atoms with Crippen molar-refractivity contribution >= 4 is 40.7 Å². The number of hydrogen-bond donors (Lipinski definition) is 0. The lowest BCUT2D eigenvalue weighted by Gasteiger charge is -2.36. The van der Waals surface area contributed by atoms with Crippen LogP contribution >= 0.6 is 23.2 Å². The summed E-state index contributed by atoms with van der Waals surface area (Å²) in [5.41, 5.74) is 1.39. The molecule has 3 aromatic rings.